The Hall–Kier alpha value is -1.78. The van der Waals surface area contributed by atoms with Crippen LogP contribution in [0.15, 0.2) is 36.4 Å². The summed E-state index contributed by atoms with van der Waals surface area (Å²) in [7, 11) is 0. The number of anilines is 1. The summed E-state index contributed by atoms with van der Waals surface area (Å²) in [5, 5.41) is 16.0. The zero-order valence-electron chi connectivity index (χ0n) is 14.0. The topological polar surface area (TPSA) is 55.2 Å². The minimum atomic E-state index is -0.298. The lowest BCUT2D eigenvalue weighted by Crippen LogP contribution is -2.35. The van der Waals surface area contributed by atoms with E-state index in [9.17, 15) is 10.1 Å². The van der Waals surface area contributed by atoms with E-state index in [-0.39, 0.29) is 16.7 Å². The van der Waals surface area contributed by atoms with Gasteiger partial charge in [0, 0.05) is 17.8 Å². The fourth-order valence-corrected chi connectivity index (χ4v) is 5.93. The van der Waals surface area contributed by atoms with E-state index in [1.54, 1.807) is 12.1 Å². The fraction of sp³-hybridized carbons (Fsp3) is 0.400. The number of hydrogen-bond donors (Lipinski definition) is 1. The highest BCUT2D eigenvalue weighted by molar-refractivity contribution is 6.42. The third-order valence-corrected chi connectivity index (χ3v) is 7.32. The molecule has 4 nitrogen and oxygen atoms in total. The van der Waals surface area contributed by atoms with Gasteiger partial charge in [-0.1, -0.05) is 29.3 Å². The van der Waals surface area contributed by atoms with E-state index in [1.165, 1.54) is 19.3 Å². The summed E-state index contributed by atoms with van der Waals surface area (Å²) in [6, 6.07) is 11.3. The number of hydrogen-bond acceptors (Lipinski definition) is 3. The van der Waals surface area contributed by atoms with E-state index in [4.69, 9.17) is 23.2 Å². The van der Waals surface area contributed by atoms with Crippen LogP contribution in [0.1, 0.15) is 42.3 Å². The predicted molar refractivity (Wildman–Crippen MR) is 103 cm³/mol. The largest absolute Gasteiger partial charge is 0.378 e. The Kier molecular flexibility index (Phi) is 3.70. The average Bonchev–Trinajstić information content (AvgIpc) is 3.25. The molecular weight excluding hydrogens is 371 g/mol. The first-order valence-electron chi connectivity index (χ1n) is 9.03. The quantitative estimate of drug-likeness (QED) is 0.492. The molecule has 0 aromatic heterocycles. The predicted octanol–water partition coefficient (Wildman–Crippen LogP) is 6.20. The number of nitro groups is 1. The van der Waals surface area contributed by atoms with Crippen LogP contribution in [-0.2, 0) is 0 Å². The van der Waals surface area contributed by atoms with Crippen LogP contribution >= 0.6 is 23.2 Å². The lowest BCUT2D eigenvalue weighted by atomic mass is 9.68. The van der Waals surface area contributed by atoms with Crippen molar-refractivity contribution in [2.75, 3.05) is 5.32 Å². The molecule has 5 unspecified atom stereocenters. The number of nitrogens with one attached hydrogen (secondary N) is 1. The number of nitrogens with zero attached hydrogens (tertiary/aromatic N) is 1. The van der Waals surface area contributed by atoms with Gasteiger partial charge in [0.25, 0.3) is 5.69 Å². The standard InChI is InChI=1S/C20H18Cl2N2O2/c21-15-5-3-12(8-16(15)22)20-19-11-2-1-10(7-11)18(19)14-9-13(24(25)26)4-6-17(14)23-20/h3-6,8-11,18-20,23H,1-2,7H2. The molecule has 134 valence electrons. The van der Waals surface area contributed by atoms with Crippen molar-refractivity contribution < 1.29 is 4.92 Å². The molecule has 2 aromatic carbocycles. The van der Waals surface area contributed by atoms with Crippen molar-refractivity contribution in [3.05, 3.63) is 67.7 Å². The van der Waals surface area contributed by atoms with Crippen molar-refractivity contribution in [3.8, 4) is 0 Å². The lowest BCUT2D eigenvalue weighted by molar-refractivity contribution is -0.384. The molecule has 2 aromatic rings. The number of nitro benzene ring substituents is 1. The van der Waals surface area contributed by atoms with Crippen LogP contribution in [-0.4, -0.2) is 4.92 Å². The zero-order chi connectivity index (χ0) is 18.0. The van der Waals surface area contributed by atoms with E-state index >= 15 is 0 Å². The summed E-state index contributed by atoms with van der Waals surface area (Å²) in [4.78, 5) is 11.0. The molecule has 0 saturated heterocycles. The monoisotopic (exact) mass is 388 g/mol. The van der Waals surface area contributed by atoms with E-state index < -0.39 is 0 Å². The van der Waals surface area contributed by atoms with Crippen LogP contribution < -0.4 is 5.32 Å². The van der Waals surface area contributed by atoms with Gasteiger partial charge in [0.15, 0.2) is 0 Å². The van der Waals surface area contributed by atoms with Gasteiger partial charge in [-0.25, -0.2) is 0 Å². The SMILES string of the molecule is O=[N+]([O-])c1ccc2c(c1)C1C3CCC(C3)C1C(c1ccc(Cl)c(Cl)c1)N2. The molecule has 2 saturated carbocycles. The lowest BCUT2D eigenvalue weighted by Gasteiger charge is -2.43. The molecule has 3 aliphatic rings. The molecule has 2 bridgehead atoms. The average molecular weight is 389 g/mol. The minimum absolute atomic E-state index is 0.166. The van der Waals surface area contributed by atoms with Gasteiger partial charge < -0.3 is 5.32 Å². The highest BCUT2D eigenvalue weighted by atomic mass is 35.5. The second kappa shape index (κ2) is 5.86. The van der Waals surface area contributed by atoms with Gasteiger partial charge in [-0.05, 0) is 72.3 Å². The maximum absolute atomic E-state index is 11.3. The Morgan fingerprint density at radius 2 is 1.85 bits per heavy atom. The van der Waals surface area contributed by atoms with E-state index in [0.29, 0.717) is 33.7 Å². The number of halogens is 2. The summed E-state index contributed by atoms with van der Waals surface area (Å²) >= 11 is 12.4. The zero-order valence-corrected chi connectivity index (χ0v) is 15.5. The number of non-ortho nitro benzene ring substituents is 1. The van der Waals surface area contributed by atoms with Crippen LogP contribution in [0, 0.1) is 27.9 Å². The van der Waals surface area contributed by atoms with Gasteiger partial charge in [-0.2, -0.15) is 0 Å². The molecule has 2 fully saturated rings. The maximum Gasteiger partial charge on any atom is 0.269 e. The Morgan fingerprint density at radius 1 is 1.04 bits per heavy atom. The first-order chi connectivity index (χ1) is 12.5. The molecule has 2 aliphatic carbocycles. The Labute approximate surface area is 161 Å². The summed E-state index contributed by atoms with van der Waals surface area (Å²) in [5.74, 6) is 2.10. The van der Waals surface area contributed by atoms with E-state index in [1.807, 2.05) is 24.3 Å². The molecule has 1 N–H and O–H groups in total. The molecule has 6 heteroatoms. The molecule has 5 atom stereocenters. The second-order valence-corrected chi connectivity index (χ2v) is 8.57. The Bertz CT molecular complexity index is 917. The van der Waals surface area contributed by atoms with E-state index in [2.05, 4.69) is 5.32 Å². The first kappa shape index (κ1) is 16.4. The van der Waals surface area contributed by atoms with Gasteiger partial charge in [0.2, 0.25) is 0 Å². The molecule has 0 spiro atoms. The van der Waals surface area contributed by atoms with Gasteiger partial charge in [0.1, 0.15) is 0 Å². The van der Waals surface area contributed by atoms with Crippen molar-refractivity contribution in [1.82, 2.24) is 0 Å². The highest BCUT2D eigenvalue weighted by Gasteiger charge is 2.54. The Morgan fingerprint density at radius 3 is 2.62 bits per heavy atom. The van der Waals surface area contributed by atoms with Crippen molar-refractivity contribution in [3.63, 3.8) is 0 Å². The number of rotatable bonds is 2. The maximum atomic E-state index is 11.3. The molecule has 0 amide bonds. The van der Waals surface area contributed by atoms with Crippen molar-refractivity contribution in [1.29, 1.82) is 0 Å². The van der Waals surface area contributed by atoms with Crippen LogP contribution in [0.25, 0.3) is 0 Å². The van der Waals surface area contributed by atoms with Crippen molar-refractivity contribution >= 4 is 34.6 Å². The molecule has 1 heterocycles. The number of benzene rings is 2. The number of fused-ring (bicyclic) bond motifs is 7. The smallest absolute Gasteiger partial charge is 0.269 e. The third-order valence-electron chi connectivity index (χ3n) is 6.58. The van der Waals surface area contributed by atoms with Gasteiger partial charge in [-0.3, -0.25) is 10.1 Å². The summed E-state index contributed by atoms with van der Waals surface area (Å²) < 4.78 is 0. The molecule has 26 heavy (non-hydrogen) atoms. The highest BCUT2D eigenvalue weighted by Crippen LogP contribution is 2.64. The second-order valence-electron chi connectivity index (χ2n) is 7.76. The van der Waals surface area contributed by atoms with Crippen molar-refractivity contribution in [2.24, 2.45) is 17.8 Å². The van der Waals surface area contributed by atoms with Crippen LogP contribution in [0.3, 0.4) is 0 Å². The van der Waals surface area contributed by atoms with Crippen molar-refractivity contribution in [2.45, 2.75) is 31.2 Å². The fourth-order valence-electron chi connectivity index (χ4n) is 5.62. The van der Waals surface area contributed by atoms with E-state index in [0.717, 1.165) is 16.8 Å². The summed E-state index contributed by atoms with van der Waals surface area (Å²) in [5.41, 5.74) is 3.46. The van der Waals surface area contributed by atoms with Crippen LogP contribution in [0.2, 0.25) is 10.0 Å². The molecule has 0 radical (unpaired) electrons. The van der Waals surface area contributed by atoms with Crippen LogP contribution in [0.5, 0.6) is 0 Å². The first-order valence-corrected chi connectivity index (χ1v) is 9.78. The summed E-state index contributed by atoms with van der Waals surface area (Å²) in [6.45, 7) is 0. The normalized spacial score (nSPS) is 31.2. The summed E-state index contributed by atoms with van der Waals surface area (Å²) in [6.07, 6.45) is 3.69. The van der Waals surface area contributed by atoms with Crippen LogP contribution in [0.4, 0.5) is 11.4 Å². The van der Waals surface area contributed by atoms with Gasteiger partial charge in [0.05, 0.1) is 21.0 Å². The van der Waals surface area contributed by atoms with Gasteiger partial charge >= 0.3 is 0 Å². The molecule has 1 aliphatic heterocycles. The third kappa shape index (κ3) is 2.35. The Balaban J connectivity index is 1.63. The molecule has 5 rings (SSSR count). The molecular formula is C20H18Cl2N2O2. The minimum Gasteiger partial charge on any atom is -0.378 e. The van der Waals surface area contributed by atoms with Gasteiger partial charge in [-0.15, -0.1) is 0 Å².